The van der Waals surface area contributed by atoms with Crippen LogP contribution >= 0.6 is 0 Å². The Labute approximate surface area is 255 Å². The second-order valence-corrected chi connectivity index (χ2v) is 13.9. The Balaban J connectivity index is 1.35. The number of para-hydroxylation sites is 1. The molecule has 2 aromatic heterocycles. The summed E-state index contributed by atoms with van der Waals surface area (Å²) >= 11 is 0. The molecule has 6 heteroatoms. The van der Waals surface area contributed by atoms with Crippen LogP contribution in [0.25, 0.3) is 27.4 Å². The summed E-state index contributed by atoms with van der Waals surface area (Å²) < 4.78 is 5.76. The Hall–Kier alpha value is -2.93. The highest BCUT2D eigenvalue weighted by Crippen LogP contribution is 2.61. The van der Waals surface area contributed by atoms with Crippen LogP contribution in [0.1, 0.15) is 69.9 Å². The standard InChI is InChI=1S/C37H46N4O2/c1-43-31-15-12-14-27-28-16-19-38-33(34(28)39-32(27)31)29-24-37(42)18-9-5-2-3-6-10-20-40-22-17-30(29)36(25-40)23-26-13-8-4-7-11-21-41(26)35(36)37/h2,5,8,12-16,19,24,26,30,35,39,42H,3-4,6-7,9-11,17-18,20-23,25H2,1H3/b5-2+,13-8-/t26-,30-,35+,36-,37-/m0/s1. The number of piperidine rings is 1. The van der Waals surface area contributed by atoms with Gasteiger partial charge in [-0.1, -0.05) is 36.4 Å². The average Bonchev–Trinajstić information content (AvgIpc) is 3.53. The predicted octanol–water partition coefficient (Wildman–Crippen LogP) is 6.86. The van der Waals surface area contributed by atoms with Crippen LogP contribution < -0.4 is 4.74 Å². The molecule has 43 heavy (non-hydrogen) atoms. The van der Waals surface area contributed by atoms with Gasteiger partial charge in [0.25, 0.3) is 0 Å². The van der Waals surface area contributed by atoms with Gasteiger partial charge in [0.05, 0.1) is 35.5 Å². The number of aromatic amines is 1. The van der Waals surface area contributed by atoms with Crippen LogP contribution in [-0.4, -0.2) is 75.8 Å². The lowest BCUT2D eigenvalue weighted by Gasteiger charge is -2.58. The molecule has 5 aliphatic rings. The summed E-state index contributed by atoms with van der Waals surface area (Å²) in [6.45, 7) is 4.41. The third kappa shape index (κ3) is 4.43. The lowest BCUT2D eigenvalue weighted by molar-refractivity contribution is -0.0894. The number of allylic oxidation sites excluding steroid dienone is 4. The number of hydrogen-bond acceptors (Lipinski definition) is 5. The smallest absolute Gasteiger partial charge is 0.142 e. The number of hydrogen-bond donors (Lipinski definition) is 2. The minimum Gasteiger partial charge on any atom is -0.495 e. The summed E-state index contributed by atoms with van der Waals surface area (Å²) in [6, 6.07) is 8.88. The minimum atomic E-state index is -0.928. The van der Waals surface area contributed by atoms with Crippen LogP contribution in [0.4, 0.5) is 0 Å². The fraction of sp³-hybridized carbons (Fsp3) is 0.541. The molecule has 8 rings (SSSR count). The highest BCUT2D eigenvalue weighted by molar-refractivity contribution is 6.11. The molecule has 1 spiro atoms. The highest BCUT2D eigenvalue weighted by Gasteiger charge is 2.65. The van der Waals surface area contributed by atoms with Gasteiger partial charge in [-0.3, -0.25) is 9.88 Å². The lowest BCUT2D eigenvalue weighted by atomic mass is 9.54. The van der Waals surface area contributed by atoms with Gasteiger partial charge in [-0.25, -0.2) is 0 Å². The zero-order valence-corrected chi connectivity index (χ0v) is 25.6. The molecule has 3 aromatic rings. The molecule has 1 aliphatic carbocycles. The van der Waals surface area contributed by atoms with Gasteiger partial charge in [-0.05, 0) is 114 Å². The van der Waals surface area contributed by atoms with E-state index in [-0.39, 0.29) is 11.5 Å². The van der Waals surface area contributed by atoms with Crippen LogP contribution in [0.15, 0.2) is 60.8 Å². The van der Waals surface area contributed by atoms with Gasteiger partial charge in [-0.2, -0.15) is 0 Å². The first-order valence-electron chi connectivity index (χ1n) is 16.8. The first kappa shape index (κ1) is 27.6. The van der Waals surface area contributed by atoms with Crippen molar-refractivity contribution in [3.8, 4) is 5.75 Å². The van der Waals surface area contributed by atoms with Gasteiger partial charge < -0.3 is 19.7 Å². The third-order valence-corrected chi connectivity index (χ3v) is 11.5. The summed E-state index contributed by atoms with van der Waals surface area (Å²) in [5.41, 5.74) is 3.40. The summed E-state index contributed by atoms with van der Waals surface area (Å²) in [4.78, 5) is 14.4. The van der Waals surface area contributed by atoms with Crippen molar-refractivity contribution in [2.75, 3.05) is 33.3 Å². The van der Waals surface area contributed by atoms with Gasteiger partial charge in [0, 0.05) is 35.0 Å². The molecular formula is C37H46N4O2. The molecule has 0 radical (unpaired) electrons. The van der Waals surface area contributed by atoms with E-state index in [1.54, 1.807) is 7.11 Å². The Bertz CT molecular complexity index is 1600. The molecule has 6 nitrogen and oxygen atoms in total. The van der Waals surface area contributed by atoms with Crippen LogP contribution in [0.2, 0.25) is 0 Å². The number of methoxy groups -OCH3 is 1. The van der Waals surface area contributed by atoms with Crippen molar-refractivity contribution in [2.24, 2.45) is 11.3 Å². The number of H-pyrrole nitrogens is 1. The Morgan fingerprint density at radius 3 is 2.70 bits per heavy atom. The van der Waals surface area contributed by atoms with E-state index in [0.29, 0.717) is 12.0 Å². The second-order valence-electron chi connectivity index (χ2n) is 13.9. The third-order valence-electron chi connectivity index (χ3n) is 11.5. The fourth-order valence-electron chi connectivity index (χ4n) is 9.80. The van der Waals surface area contributed by atoms with E-state index in [1.165, 1.54) is 43.1 Å². The van der Waals surface area contributed by atoms with Crippen molar-refractivity contribution in [3.63, 3.8) is 0 Å². The maximum atomic E-state index is 13.1. The highest BCUT2D eigenvalue weighted by atomic mass is 16.5. The molecule has 2 fully saturated rings. The van der Waals surface area contributed by atoms with E-state index >= 15 is 0 Å². The Kier molecular flexibility index (Phi) is 7.00. The van der Waals surface area contributed by atoms with Gasteiger partial charge in [-0.15, -0.1) is 0 Å². The number of rotatable bonds is 2. The zero-order valence-electron chi connectivity index (χ0n) is 25.6. The molecule has 2 N–H and O–H groups in total. The van der Waals surface area contributed by atoms with E-state index in [4.69, 9.17) is 9.72 Å². The average molecular weight is 579 g/mol. The van der Waals surface area contributed by atoms with Crippen molar-refractivity contribution in [3.05, 3.63) is 66.5 Å². The van der Waals surface area contributed by atoms with E-state index in [9.17, 15) is 5.11 Å². The van der Waals surface area contributed by atoms with Crippen molar-refractivity contribution in [1.29, 1.82) is 0 Å². The first-order valence-corrected chi connectivity index (χ1v) is 16.8. The van der Waals surface area contributed by atoms with Crippen molar-refractivity contribution >= 4 is 27.4 Å². The Morgan fingerprint density at radius 1 is 0.953 bits per heavy atom. The molecule has 3 bridgehead atoms. The topological polar surface area (TPSA) is 64.6 Å². The van der Waals surface area contributed by atoms with E-state index < -0.39 is 5.60 Å². The number of fused-ring (bicyclic) bond motifs is 5. The van der Waals surface area contributed by atoms with Crippen molar-refractivity contribution in [1.82, 2.24) is 19.8 Å². The lowest BCUT2D eigenvalue weighted by Crippen LogP contribution is -2.65. The molecule has 0 amide bonds. The van der Waals surface area contributed by atoms with Crippen LogP contribution in [0, 0.1) is 11.3 Å². The molecule has 1 aromatic carbocycles. The predicted molar refractivity (Wildman–Crippen MR) is 174 cm³/mol. The number of benzene rings is 1. The fourth-order valence-corrected chi connectivity index (χ4v) is 9.80. The molecular weight excluding hydrogens is 532 g/mol. The maximum absolute atomic E-state index is 13.1. The Morgan fingerprint density at radius 2 is 1.79 bits per heavy atom. The molecule has 6 heterocycles. The summed E-state index contributed by atoms with van der Waals surface area (Å²) in [7, 11) is 1.74. The number of pyridine rings is 1. The number of aliphatic hydroxyl groups is 1. The largest absolute Gasteiger partial charge is 0.495 e. The van der Waals surface area contributed by atoms with Gasteiger partial charge in [0.1, 0.15) is 5.75 Å². The van der Waals surface area contributed by atoms with Gasteiger partial charge in [0.15, 0.2) is 0 Å². The zero-order chi connectivity index (χ0) is 29.0. The maximum Gasteiger partial charge on any atom is 0.142 e. The summed E-state index contributed by atoms with van der Waals surface area (Å²) in [5.74, 6) is 1.20. The molecule has 1 unspecified atom stereocenters. The monoisotopic (exact) mass is 578 g/mol. The van der Waals surface area contributed by atoms with E-state index in [0.717, 1.165) is 86.1 Å². The second kappa shape index (κ2) is 10.9. The van der Waals surface area contributed by atoms with Crippen LogP contribution in [-0.2, 0) is 0 Å². The van der Waals surface area contributed by atoms with Crippen LogP contribution in [0.3, 0.4) is 0 Å². The number of aromatic nitrogens is 2. The van der Waals surface area contributed by atoms with Crippen molar-refractivity contribution in [2.45, 2.75) is 81.9 Å². The normalized spacial score (nSPS) is 36.4. The minimum absolute atomic E-state index is 0.0260. The molecule has 2 saturated heterocycles. The van der Waals surface area contributed by atoms with Crippen molar-refractivity contribution < 1.29 is 9.84 Å². The number of ether oxygens (including phenoxy) is 1. The van der Waals surface area contributed by atoms with E-state index in [1.807, 2.05) is 12.3 Å². The molecule has 6 atom stereocenters. The SMILES string of the molecule is COc1cccc2c1[nH]c1c(C3=C[C@@]4(O)CC/C=C/CCCCN5CC[C@@H]3[C@]3(C[C@@H]6/C=C\CCCCN6[C@H]34)C5)nccc12. The van der Waals surface area contributed by atoms with E-state index in [2.05, 4.69) is 63.4 Å². The molecule has 0 saturated carbocycles. The van der Waals surface area contributed by atoms with Gasteiger partial charge >= 0.3 is 0 Å². The summed E-state index contributed by atoms with van der Waals surface area (Å²) in [5, 5.41) is 15.5. The number of nitrogens with one attached hydrogen (secondary N) is 1. The summed E-state index contributed by atoms with van der Waals surface area (Å²) in [6.07, 6.45) is 25.0. The van der Waals surface area contributed by atoms with Crippen LogP contribution in [0.5, 0.6) is 5.75 Å². The quantitative estimate of drug-likeness (QED) is 0.325. The molecule has 4 aliphatic heterocycles. The van der Waals surface area contributed by atoms with Gasteiger partial charge in [0.2, 0.25) is 0 Å². The molecule has 226 valence electrons. The number of nitrogens with zero attached hydrogens (tertiary/aromatic N) is 3. The first-order chi connectivity index (χ1) is 21.1.